The van der Waals surface area contributed by atoms with Crippen molar-refractivity contribution < 1.29 is 13.7 Å². The Kier molecular flexibility index (Phi) is 5.22. The van der Waals surface area contributed by atoms with Crippen LogP contribution >= 0.6 is 0 Å². The minimum absolute atomic E-state index is 0.243. The summed E-state index contributed by atoms with van der Waals surface area (Å²) in [6.07, 6.45) is 0. The molecular formula is C26H21FN4O2. The Morgan fingerprint density at radius 2 is 1.64 bits per heavy atom. The highest BCUT2D eigenvalue weighted by atomic mass is 19.1. The van der Waals surface area contributed by atoms with Crippen LogP contribution in [-0.4, -0.2) is 16.2 Å². The highest BCUT2D eigenvalue weighted by Crippen LogP contribution is 2.39. The summed E-state index contributed by atoms with van der Waals surface area (Å²) in [7, 11) is 0. The number of aromatic nitrogens is 2. The van der Waals surface area contributed by atoms with Crippen LogP contribution in [0.2, 0.25) is 0 Å². The number of rotatable bonds is 4. The van der Waals surface area contributed by atoms with Crippen molar-refractivity contribution in [3.63, 3.8) is 0 Å². The van der Waals surface area contributed by atoms with Crippen molar-refractivity contribution >= 4 is 17.3 Å². The predicted octanol–water partition coefficient (Wildman–Crippen LogP) is 5.89. The van der Waals surface area contributed by atoms with Gasteiger partial charge < -0.3 is 9.84 Å². The van der Waals surface area contributed by atoms with Crippen molar-refractivity contribution in [3.8, 4) is 11.4 Å². The van der Waals surface area contributed by atoms with Crippen molar-refractivity contribution in [2.24, 2.45) is 0 Å². The van der Waals surface area contributed by atoms with E-state index >= 15 is 0 Å². The molecule has 1 aliphatic heterocycles. The third-order valence-corrected chi connectivity index (χ3v) is 5.67. The van der Waals surface area contributed by atoms with Crippen LogP contribution in [0.3, 0.4) is 0 Å². The topological polar surface area (TPSA) is 71.3 Å². The molecule has 1 aliphatic rings. The van der Waals surface area contributed by atoms with E-state index in [-0.39, 0.29) is 17.7 Å². The van der Waals surface area contributed by atoms with Crippen molar-refractivity contribution in [2.45, 2.75) is 19.9 Å². The van der Waals surface area contributed by atoms with Crippen molar-refractivity contribution in [3.05, 3.63) is 107 Å². The lowest BCUT2D eigenvalue weighted by molar-refractivity contribution is 0.244. The van der Waals surface area contributed by atoms with Gasteiger partial charge in [-0.05, 0) is 55.8 Å². The summed E-state index contributed by atoms with van der Waals surface area (Å²) in [4.78, 5) is 19.4. The van der Waals surface area contributed by atoms with Gasteiger partial charge in [0, 0.05) is 11.3 Å². The maximum Gasteiger partial charge on any atom is 0.326 e. The molecule has 4 aromatic rings. The Morgan fingerprint density at radius 3 is 2.33 bits per heavy atom. The molecule has 1 N–H and O–H groups in total. The maximum absolute atomic E-state index is 13.3. The van der Waals surface area contributed by atoms with Gasteiger partial charge in [-0.2, -0.15) is 4.98 Å². The molecule has 2 amide bonds. The standard InChI is InChI=1S/C26H21FN4O2/c1-16-8-14-21(15-9-16)31-17(2)22(23(28-26(31)32)18-6-4-3-5-7-18)25-29-24(30-33-25)19-10-12-20(27)13-11-19/h3-15,23H,1-2H3,(H,28,32). The van der Waals surface area contributed by atoms with Gasteiger partial charge in [0.25, 0.3) is 5.89 Å². The molecule has 1 unspecified atom stereocenters. The number of amides is 2. The lowest BCUT2D eigenvalue weighted by Gasteiger charge is -2.35. The maximum atomic E-state index is 13.3. The van der Waals surface area contributed by atoms with E-state index in [0.29, 0.717) is 22.7 Å². The van der Waals surface area contributed by atoms with Gasteiger partial charge >= 0.3 is 6.03 Å². The third-order valence-electron chi connectivity index (χ3n) is 5.67. The summed E-state index contributed by atoms with van der Waals surface area (Å²) in [5.41, 5.74) is 4.74. The van der Waals surface area contributed by atoms with Gasteiger partial charge in [0.1, 0.15) is 5.82 Å². The van der Waals surface area contributed by atoms with Gasteiger partial charge in [0.2, 0.25) is 5.82 Å². The van der Waals surface area contributed by atoms with Gasteiger partial charge in [-0.15, -0.1) is 0 Å². The van der Waals surface area contributed by atoms with E-state index in [4.69, 9.17) is 4.52 Å². The predicted molar refractivity (Wildman–Crippen MR) is 124 cm³/mol. The van der Waals surface area contributed by atoms with E-state index in [1.54, 1.807) is 17.0 Å². The monoisotopic (exact) mass is 440 g/mol. The number of urea groups is 1. The first-order chi connectivity index (χ1) is 16.0. The van der Waals surface area contributed by atoms with Gasteiger partial charge in [-0.1, -0.05) is 53.2 Å². The fourth-order valence-corrected chi connectivity index (χ4v) is 3.97. The second-order valence-electron chi connectivity index (χ2n) is 7.89. The lowest BCUT2D eigenvalue weighted by Crippen LogP contribution is -2.46. The Bertz CT molecular complexity index is 1330. The first kappa shape index (κ1) is 20.6. The fraction of sp³-hybridized carbons (Fsp3) is 0.115. The Labute approximate surface area is 190 Å². The van der Waals surface area contributed by atoms with Gasteiger partial charge in [-0.3, -0.25) is 4.90 Å². The molecule has 3 aromatic carbocycles. The smallest absolute Gasteiger partial charge is 0.326 e. The number of hydrogen-bond donors (Lipinski definition) is 1. The molecule has 164 valence electrons. The molecule has 0 spiro atoms. The molecule has 0 bridgehead atoms. The van der Waals surface area contributed by atoms with E-state index in [0.717, 1.165) is 16.8 Å². The zero-order valence-corrected chi connectivity index (χ0v) is 18.1. The molecule has 5 rings (SSSR count). The molecule has 0 fully saturated rings. The van der Waals surface area contributed by atoms with Crippen LogP contribution < -0.4 is 10.2 Å². The third kappa shape index (κ3) is 3.89. The van der Waals surface area contributed by atoms with E-state index in [1.165, 1.54) is 12.1 Å². The minimum atomic E-state index is -0.470. The molecule has 2 heterocycles. The van der Waals surface area contributed by atoms with E-state index in [2.05, 4.69) is 15.5 Å². The normalized spacial score (nSPS) is 16.2. The molecule has 0 saturated heterocycles. The summed E-state index contributed by atoms with van der Waals surface area (Å²) in [5, 5.41) is 7.19. The lowest BCUT2D eigenvalue weighted by atomic mass is 9.94. The highest BCUT2D eigenvalue weighted by molar-refractivity contribution is 6.01. The number of allylic oxidation sites excluding steroid dienone is 1. The number of aryl methyl sites for hydroxylation is 1. The van der Waals surface area contributed by atoms with Crippen LogP contribution in [0.25, 0.3) is 17.0 Å². The van der Waals surface area contributed by atoms with Crippen LogP contribution in [0.1, 0.15) is 30.0 Å². The van der Waals surface area contributed by atoms with Crippen molar-refractivity contribution in [2.75, 3.05) is 4.90 Å². The molecule has 0 saturated carbocycles. The summed E-state index contributed by atoms with van der Waals surface area (Å²) >= 11 is 0. The highest BCUT2D eigenvalue weighted by Gasteiger charge is 2.36. The second-order valence-corrected chi connectivity index (χ2v) is 7.89. The first-order valence-corrected chi connectivity index (χ1v) is 10.5. The fourth-order valence-electron chi connectivity index (χ4n) is 3.97. The van der Waals surface area contributed by atoms with Crippen LogP contribution in [0.5, 0.6) is 0 Å². The Morgan fingerprint density at radius 1 is 0.939 bits per heavy atom. The zero-order valence-electron chi connectivity index (χ0n) is 18.1. The van der Waals surface area contributed by atoms with Gasteiger partial charge in [0.15, 0.2) is 0 Å². The number of anilines is 1. The Hall–Kier alpha value is -4.26. The number of carbonyl (C=O) groups is 1. The molecule has 0 radical (unpaired) electrons. The molecule has 6 nitrogen and oxygen atoms in total. The molecule has 1 aromatic heterocycles. The minimum Gasteiger partial charge on any atom is -0.334 e. The molecule has 7 heteroatoms. The van der Waals surface area contributed by atoms with E-state index in [1.807, 2.05) is 68.4 Å². The van der Waals surface area contributed by atoms with Crippen molar-refractivity contribution in [1.29, 1.82) is 0 Å². The largest absolute Gasteiger partial charge is 0.334 e. The molecule has 0 aliphatic carbocycles. The number of nitrogens with zero attached hydrogens (tertiary/aromatic N) is 3. The van der Waals surface area contributed by atoms with Crippen LogP contribution in [-0.2, 0) is 0 Å². The van der Waals surface area contributed by atoms with Crippen LogP contribution in [0, 0.1) is 12.7 Å². The van der Waals surface area contributed by atoms with E-state index in [9.17, 15) is 9.18 Å². The number of hydrogen-bond acceptors (Lipinski definition) is 4. The van der Waals surface area contributed by atoms with E-state index < -0.39 is 6.04 Å². The second kappa shape index (κ2) is 8.35. The summed E-state index contributed by atoms with van der Waals surface area (Å²) in [5.74, 6) is 0.294. The summed E-state index contributed by atoms with van der Waals surface area (Å²) < 4.78 is 19.0. The number of nitrogens with one attached hydrogen (secondary N) is 1. The average Bonchev–Trinajstić information content (AvgIpc) is 3.30. The zero-order chi connectivity index (χ0) is 22.9. The molecular weight excluding hydrogens is 419 g/mol. The van der Waals surface area contributed by atoms with Crippen LogP contribution in [0.4, 0.5) is 14.9 Å². The number of benzene rings is 3. The molecule has 33 heavy (non-hydrogen) atoms. The Balaban J connectivity index is 1.64. The summed E-state index contributed by atoms with van der Waals surface area (Å²) in [6, 6.07) is 22.5. The van der Waals surface area contributed by atoms with Crippen LogP contribution in [0.15, 0.2) is 89.1 Å². The van der Waals surface area contributed by atoms with Crippen molar-refractivity contribution in [1.82, 2.24) is 15.5 Å². The summed E-state index contributed by atoms with van der Waals surface area (Å²) in [6.45, 7) is 3.86. The quantitative estimate of drug-likeness (QED) is 0.430. The van der Waals surface area contributed by atoms with Gasteiger partial charge in [-0.25, -0.2) is 9.18 Å². The number of carbonyl (C=O) groups excluding carboxylic acids is 1. The van der Waals surface area contributed by atoms with Gasteiger partial charge in [0.05, 0.1) is 17.3 Å². The molecule has 1 atom stereocenters. The SMILES string of the molecule is CC1=C(c2nc(-c3ccc(F)cc3)no2)C(c2ccccc2)NC(=O)N1c1ccc(C)cc1. The number of halogens is 1. The average molecular weight is 440 g/mol. The first-order valence-electron chi connectivity index (χ1n) is 10.5.